The number of aryl methyl sites for hydroxylation is 3. The molecule has 130 valence electrons. The Morgan fingerprint density at radius 3 is 2.80 bits per heavy atom. The van der Waals surface area contributed by atoms with E-state index in [1.807, 2.05) is 20.8 Å². The maximum atomic E-state index is 12.0. The number of benzene rings is 1. The minimum absolute atomic E-state index is 0.0151. The van der Waals surface area contributed by atoms with Gasteiger partial charge in [-0.25, -0.2) is 4.98 Å². The molecule has 2 heterocycles. The summed E-state index contributed by atoms with van der Waals surface area (Å²) in [5, 5.41) is 11.8. The molecule has 0 saturated heterocycles. The molecular weight excluding hydrogens is 364 g/mol. The van der Waals surface area contributed by atoms with Crippen molar-refractivity contribution in [2.24, 2.45) is 0 Å². The highest BCUT2D eigenvalue weighted by Crippen LogP contribution is 2.29. The van der Waals surface area contributed by atoms with Gasteiger partial charge in [0.15, 0.2) is 6.61 Å². The highest BCUT2D eigenvalue weighted by Gasteiger charge is 2.16. The first kappa shape index (κ1) is 17.4. The molecule has 0 radical (unpaired) electrons. The smallest absolute Gasteiger partial charge is 0.322 e. The van der Waals surface area contributed by atoms with Crippen molar-refractivity contribution >= 4 is 34.9 Å². The van der Waals surface area contributed by atoms with Crippen molar-refractivity contribution in [3.8, 4) is 16.5 Å². The van der Waals surface area contributed by atoms with Crippen molar-refractivity contribution in [3.63, 3.8) is 0 Å². The number of carbonyl (C=O) groups is 1. The monoisotopic (exact) mass is 378 g/mol. The van der Waals surface area contributed by atoms with Crippen molar-refractivity contribution in [3.05, 3.63) is 39.5 Å². The van der Waals surface area contributed by atoms with E-state index >= 15 is 0 Å². The predicted molar refractivity (Wildman–Crippen MR) is 95.2 cm³/mol. The fourth-order valence-corrected chi connectivity index (χ4v) is 3.07. The summed E-state index contributed by atoms with van der Waals surface area (Å²) in [7, 11) is 0. The van der Waals surface area contributed by atoms with Gasteiger partial charge in [-0.2, -0.15) is 0 Å². The Balaban J connectivity index is 1.60. The molecule has 1 aromatic carbocycles. The van der Waals surface area contributed by atoms with Gasteiger partial charge >= 0.3 is 6.01 Å². The molecule has 0 bridgehead atoms. The maximum absolute atomic E-state index is 12.0. The molecule has 3 aromatic rings. The van der Waals surface area contributed by atoms with E-state index in [0.717, 1.165) is 21.1 Å². The van der Waals surface area contributed by atoms with Crippen LogP contribution in [0.25, 0.3) is 10.8 Å². The summed E-state index contributed by atoms with van der Waals surface area (Å²) >= 11 is 7.40. The zero-order valence-electron chi connectivity index (χ0n) is 13.8. The number of halogens is 1. The van der Waals surface area contributed by atoms with Gasteiger partial charge in [0.2, 0.25) is 0 Å². The van der Waals surface area contributed by atoms with E-state index in [9.17, 15) is 4.79 Å². The summed E-state index contributed by atoms with van der Waals surface area (Å²) in [6.07, 6.45) is 0. The first-order chi connectivity index (χ1) is 11.9. The maximum Gasteiger partial charge on any atom is 0.322 e. The standard InChI is InChI=1S/C16H15ClN4O3S/c1-8-6-11(4-5-12(8)17)23-7-13(22)19-16-21-20-15(24-16)14-9(2)18-10(3)25-14/h4-6H,7H2,1-3H3,(H,19,21,22). The first-order valence-electron chi connectivity index (χ1n) is 7.39. The molecule has 9 heteroatoms. The van der Waals surface area contributed by atoms with Crippen LogP contribution < -0.4 is 10.1 Å². The SMILES string of the molecule is Cc1nc(C)c(-c2nnc(NC(=O)COc3ccc(Cl)c(C)c3)o2)s1. The second-order valence-electron chi connectivity index (χ2n) is 5.31. The first-order valence-corrected chi connectivity index (χ1v) is 8.58. The number of nitrogens with zero attached hydrogens (tertiary/aromatic N) is 3. The van der Waals surface area contributed by atoms with Crippen LogP contribution in [-0.2, 0) is 4.79 Å². The van der Waals surface area contributed by atoms with Crippen LogP contribution in [-0.4, -0.2) is 27.7 Å². The van der Waals surface area contributed by atoms with Crippen molar-refractivity contribution in [1.82, 2.24) is 15.2 Å². The van der Waals surface area contributed by atoms with E-state index < -0.39 is 5.91 Å². The predicted octanol–water partition coefficient (Wildman–Crippen LogP) is 3.79. The second kappa shape index (κ2) is 7.20. The van der Waals surface area contributed by atoms with Crippen LogP contribution in [0.15, 0.2) is 22.6 Å². The molecule has 0 aliphatic carbocycles. The summed E-state index contributed by atoms with van der Waals surface area (Å²) in [5.41, 5.74) is 1.68. The zero-order valence-corrected chi connectivity index (χ0v) is 15.4. The molecule has 0 fully saturated rings. The van der Waals surface area contributed by atoms with Gasteiger partial charge in [0, 0.05) is 5.02 Å². The van der Waals surface area contributed by atoms with Gasteiger partial charge in [0.1, 0.15) is 10.6 Å². The summed E-state index contributed by atoms with van der Waals surface area (Å²) in [6.45, 7) is 5.44. The fraction of sp³-hybridized carbons (Fsp3) is 0.250. The normalized spacial score (nSPS) is 10.7. The Kier molecular flexibility index (Phi) is 5.00. The molecule has 25 heavy (non-hydrogen) atoms. The largest absolute Gasteiger partial charge is 0.484 e. The summed E-state index contributed by atoms with van der Waals surface area (Å²) in [4.78, 5) is 17.1. The summed E-state index contributed by atoms with van der Waals surface area (Å²) < 4.78 is 10.9. The minimum atomic E-state index is -0.403. The van der Waals surface area contributed by atoms with Crippen LogP contribution in [0.1, 0.15) is 16.3 Å². The molecule has 2 aromatic heterocycles. The Bertz CT molecular complexity index is 922. The average Bonchev–Trinajstić information content (AvgIpc) is 3.14. The van der Waals surface area contributed by atoms with Gasteiger partial charge in [-0.15, -0.1) is 16.4 Å². The molecule has 3 rings (SSSR count). The summed E-state index contributed by atoms with van der Waals surface area (Å²) in [5.74, 6) is 0.478. The molecule has 0 atom stereocenters. The number of rotatable bonds is 5. The molecule has 0 aliphatic heterocycles. The van der Waals surface area contributed by atoms with Gasteiger partial charge < -0.3 is 9.15 Å². The van der Waals surface area contributed by atoms with Gasteiger partial charge in [0.05, 0.1) is 10.7 Å². The lowest BCUT2D eigenvalue weighted by molar-refractivity contribution is -0.118. The zero-order chi connectivity index (χ0) is 18.0. The highest BCUT2D eigenvalue weighted by atomic mass is 35.5. The number of anilines is 1. The van der Waals surface area contributed by atoms with E-state index in [-0.39, 0.29) is 12.6 Å². The van der Waals surface area contributed by atoms with Crippen LogP contribution in [0.5, 0.6) is 5.75 Å². The van der Waals surface area contributed by atoms with E-state index in [1.165, 1.54) is 11.3 Å². The molecule has 1 amide bonds. The van der Waals surface area contributed by atoms with Crippen LogP contribution in [0.3, 0.4) is 0 Å². The minimum Gasteiger partial charge on any atom is -0.484 e. The average molecular weight is 379 g/mol. The van der Waals surface area contributed by atoms with Crippen molar-refractivity contribution in [1.29, 1.82) is 0 Å². The molecule has 7 nitrogen and oxygen atoms in total. The van der Waals surface area contributed by atoms with Gasteiger partial charge in [-0.05, 0) is 44.5 Å². The van der Waals surface area contributed by atoms with Crippen LogP contribution in [0.2, 0.25) is 5.02 Å². The lowest BCUT2D eigenvalue weighted by Gasteiger charge is -2.06. The molecule has 0 spiro atoms. The Hall–Kier alpha value is -2.45. The van der Waals surface area contributed by atoms with E-state index in [2.05, 4.69) is 20.5 Å². The van der Waals surface area contributed by atoms with Gasteiger partial charge in [-0.1, -0.05) is 16.7 Å². The van der Waals surface area contributed by atoms with Crippen LogP contribution >= 0.6 is 22.9 Å². The fourth-order valence-electron chi connectivity index (χ4n) is 2.11. The molecule has 0 saturated carbocycles. The third-order valence-corrected chi connectivity index (χ3v) is 4.75. The van der Waals surface area contributed by atoms with Crippen LogP contribution in [0, 0.1) is 20.8 Å². The number of ether oxygens (including phenoxy) is 1. The number of hydrogen-bond donors (Lipinski definition) is 1. The number of amides is 1. The molecule has 1 N–H and O–H groups in total. The summed E-state index contributed by atoms with van der Waals surface area (Å²) in [6, 6.07) is 5.19. The van der Waals surface area contributed by atoms with Crippen molar-refractivity contribution < 1.29 is 13.9 Å². The van der Waals surface area contributed by atoms with Crippen molar-refractivity contribution in [2.45, 2.75) is 20.8 Å². The Morgan fingerprint density at radius 2 is 2.12 bits per heavy atom. The van der Waals surface area contributed by atoms with Crippen molar-refractivity contribution in [2.75, 3.05) is 11.9 Å². The Morgan fingerprint density at radius 1 is 1.32 bits per heavy atom. The molecule has 0 unspecified atom stereocenters. The van der Waals surface area contributed by atoms with E-state index in [1.54, 1.807) is 18.2 Å². The quantitative estimate of drug-likeness (QED) is 0.726. The Labute approximate surface area is 153 Å². The number of aromatic nitrogens is 3. The molecular formula is C16H15ClN4O3S. The number of hydrogen-bond acceptors (Lipinski definition) is 7. The lowest BCUT2D eigenvalue weighted by atomic mass is 10.2. The van der Waals surface area contributed by atoms with E-state index in [0.29, 0.717) is 16.7 Å². The van der Waals surface area contributed by atoms with Gasteiger partial charge in [-0.3, -0.25) is 10.1 Å². The second-order valence-corrected chi connectivity index (χ2v) is 6.92. The third-order valence-electron chi connectivity index (χ3n) is 3.27. The topological polar surface area (TPSA) is 90.1 Å². The van der Waals surface area contributed by atoms with Crippen LogP contribution in [0.4, 0.5) is 6.01 Å². The number of carbonyl (C=O) groups excluding carboxylic acids is 1. The molecule has 0 aliphatic rings. The third kappa shape index (κ3) is 4.15. The van der Waals surface area contributed by atoms with Gasteiger partial charge in [0.25, 0.3) is 11.8 Å². The number of thiazole rings is 1. The highest BCUT2D eigenvalue weighted by molar-refractivity contribution is 7.15. The lowest BCUT2D eigenvalue weighted by Crippen LogP contribution is -2.20. The van der Waals surface area contributed by atoms with E-state index in [4.69, 9.17) is 20.8 Å². The number of nitrogens with one attached hydrogen (secondary N) is 1.